The molecule has 2 rings (SSSR count). The van der Waals surface area contributed by atoms with Gasteiger partial charge in [-0.2, -0.15) is 0 Å². The van der Waals surface area contributed by atoms with Gasteiger partial charge in [0.05, 0.1) is 0 Å². The summed E-state index contributed by atoms with van der Waals surface area (Å²) >= 11 is 0. The van der Waals surface area contributed by atoms with Crippen LogP contribution >= 0.6 is 0 Å². The Morgan fingerprint density at radius 2 is 2.21 bits per heavy atom. The van der Waals surface area contributed by atoms with Crippen LogP contribution in [0.5, 0.6) is 0 Å². The number of rotatable bonds is 5. The maximum Gasteiger partial charge on any atom is 0.0360 e. The molecule has 0 radical (unpaired) electrons. The second kappa shape index (κ2) is 4.36. The summed E-state index contributed by atoms with van der Waals surface area (Å²) in [5.41, 5.74) is 7.65. The minimum absolute atomic E-state index is 0.831. The fourth-order valence-electron chi connectivity index (χ4n) is 1.68. The number of nitrogens with one attached hydrogen (secondary N) is 1. The summed E-state index contributed by atoms with van der Waals surface area (Å²) in [6, 6.07) is 7.94. The summed E-state index contributed by atoms with van der Waals surface area (Å²) in [5, 5.41) is 3.39. The molecule has 3 N–H and O–H groups in total. The third-order valence-corrected chi connectivity index (χ3v) is 2.70. The molecular weight excluding hydrogens is 172 g/mol. The molecule has 0 amide bonds. The van der Waals surface area contributed by atoms with E-state index in [1.165, 1.54) is 25.7 Å². The third-order valence-electron chi connectivity index (χ3n) is 2.70. The number of nitrogen functional groups attached to an aromatic ring is 1. The largest absolute Gasteiger partial charge is 0.399 e. The molecule has 14 heavy (non-hydrogen) atoms. The highest BCUT2D eigenvalue weighted by molar-refractivity contribution is 5.53. The summed E-state index contributed by atoms with van der Waals surface area (Å²) in [5.74, 6) is 1.04. The van der Waals surface area contributed by atoms with Crippen molar-refractivity contribution in [2.24, 2.45) is 5.92 Å². The van der Waals surface area contributed by atoms with Gasteiger partial charge in [-0.1, -0.05) is 18.9 Å². The SMILES string of the molecule is Nc1cccc(NCCCC2CC2)c1. The molecule has 0 heterocycles. The Kier molecular flexibility index (Phi) is 2.92. The summed E-state index contributed by atoms with van der Waals surface area (Å²) in [7, 11) is 0. The normalized spacial score (nSPS) is 15.4. The van der Waals surface area contributed by atoms with Crippen molar-refractivity contribution in [2.45, 2.75) is 25.7 Å². The van der Waals surface area contributed by atoms with E-state index < -0.39 is 0 Å². The Labute approximate surface area is 85.5 Å². The highest BCUT2D eigenvalue weighted by Gasteiger charge is 2.19. The molecule has 1 saturated carbocycles. The van der Waals surface area contributed by atoms with E-state index in [0.29, 0.717) is 0 Å². The smallest absolute Gasteiger partial charge is 0.0360 e. The lowest BCUT2D eigenvalue weighted by molar-refractivity contribution is 0.687. The van der Waals surface area contributed by atoms with Crippen LogP contribution < -0.4 is 11.1 Å². The standard InChI is InChI=1S/C12H18N2/c13-11-4-1-5-12(9-11)14-8-2-3-10-6-7-10/h1,4-5,9-10,14H,2-3,6-8,13H2. The Balaban J connectivity index is 1.68. The number of hydrogen-bond donors (Lipinski definition) is 2. The average molecular weight is 190 g/mol. The summed E-state index contributed by atoms with van der Waals surface area (Å²) in [6.07, 6.45) is 5.57. The van der Waals surface area contributed by atoms with Crippen LogP contribution in [0.15, 0.2) is 24.3 Å². The zero-order valence-electron chi connectivity index (χ0n) is 8.50. The minimum atomic E-state index is 0.831. The molecule has 0 atom stereocenters. The molecule has 1 aliphatic rings. The van der Waals surface area contributed by atoms with Gasteiger partial charge in [0.1, 0.15) is 0 Å². The maximum absolute atomic E-state index is 5.68. The van der Waals surface area contributed by atoms with E-state index in [4.69, 9.17) is 5.73 Å². The van der Waals surface area contributed by atoms with Crippen molar-refractivity contribution in [2.75, 3.05) is 17.6 Å². The van der Waals surface area contributed by atoms with Crippen LogP contribution in [0.3, 0.4) is 0 Å². The van der Waals surface area contributed by atoms with Gasteiger partial charge in [0.15, 0.2) is 0 Å². The van der Waals surface area contributed by atoms with Gasteiger partial charge in [0, 0.05) is 17.9 Å². The van der Waals surface area contributed by atoms with Crippen molar-refractivity contribution in [3.8, 4) is 0 Å². The average Bonchev–Trinajstić information content (AvgIpc) is 2.96. The lowest BCUT2D eigenvalue weighted by atomic mass is 10.2. The molecule has 0 aliphatic heterocycles. The van der Waals surface area contributed by atoms with Gasteiger partial charge < -0.3 is 11.1 Å². The van der Waals surface area contributed by atoms with Crippen molar-refractivity contribution in [3.05, 3.63) is 24.3 Å². The minimum Gasteiger partial charge on any atom is -0.399 e. The Morgan fingerprint density at radius 3 is 2.93 bits per heavy atom. The van der Waals surface area contributed by atoms with Gasteiger partial charge in [-0.15, -0.1) is 0 Å². The topological polar surface area (TPSA) is 38.0 Å². The molecule has 2 heteroatoms. The second-order valence-corrected chi connectivity index (χ2v) is 4.14. The first kappa shape index (κ1) is 9.38. The van der Waals surface area contributed by atoms with Crippen LogP contribution in [-0.4, -0.2) is 6.54 Å². The first-order chi connectivity index (χ1) is 6.84. The van der Waals surface area contributed by atoms with E-state index in [1.54, 1.807) is 0 Å². The number of benzene rings is 1. The van der Waals surface area contributed by atoms with Gasteiger partial charge >= 0.3 is 0 Å². The van der Waals surface area contributed by atoms with Crippen LogP contribution in [0.25, 0.3) is 0 Å². The van der Waals surface area contributed by atoms with E-state index in [-0.39, 0.29) is 0 Å². The first-order valence-electron chi connectivity index (χ1n) is 5.44. The second-order valence-electron chi connectivity index (χ2n) is 4.14. The molecule has 0 bridgehead atoms. The quantitative estimate of drug-likeness (QED) is 0.553. The molecule has 2 nitrogen and oxygen atoms in total. The van der Waals surface area contributed by atoms with Crippen LogP contribution in [0.4, 0.5) is 11.4 Å². The Bertz CT molecular complexity index is 292. The Morgan fingerprint density at radius 1 is 1.36 bits per heavy atom. The van der Waals surface area contributed by atoms with E-state index >= 15 is 0 Å². The maximum atomic E-state index is 5.68. The van der Waals surface area contributed by atoms with Gasteiger partial charge in [0.2, 0.25) is 0 Å². The number of anilines is 2. The van der Waals surface area contributed by atoms with Gasteiger partial charge in [-0.25, -0.2) is 0 Å². The van der Waals surface area contributed by atoms with Crippen LogP contribution in [-0.2, 0) is 0 Å². The van der Waals surface area contributed by atoms with E-state index in [2.05, 4.69) is 11.4 Å². The molecule has 0 aromatic heterocycles. The first-order valence-corrected chi connectivity index (χ1v) is 5.44. The molecule has 1 aromatic carbocycles. The zero-order valence-corrected chi connectivity index (χ0v) is 8.50. The molecule has 1 aliphatic carbocycles. The lowest BCUT2D eigenvalue weighted by Crippen LogP contribution is -2.01. The van der Waals surface area contributed by atoms with Crippen LogP contribution in [0.1, 0.15) is 25.7 Å². The summed E-state index contributed by atoms with van der Waals surface area (Å²) in [4.78, 5) is 0. The summed E-state index contributed by atoms with van der Waals surface area (Å²) in [6.45, 7) is 1.07. The molecule has 0 spiro atoms. The van der Waals surface area contributed by atoms with Gasteiger partial charge in [0.25, 0.3) is 0 Å². The van der Waals surface area contributed by atoms with Crippen molar-refractivity contribution in [1.29, 1.82) is 0 Å². The molecule has 0 saturated heterocycles. The zero-order chi connectivity index (χ0) is 9.80. The van der Waals surface area contributed by atoms with Gasteiger partial charge in [-0.3, -0.25) is 0 Å². The van der Waals surface area contributed by atoms with Crippen molar-refractivity contribution in [3.63, 3.8) is 0 Å². The lowest BCUT2D eigenvalue weighted by Gasteiger charge is -2.06. The highest BCUT2D eigenvalue weighted by atomic mass is 14.9. The summed E-state index contributed by atoms with van der Waals surface area (Å²) < 4.78 is 0. The third kappa shape index (κ3) is 2.95. The predicted molar refractivity (Wildman–Crippen MR) is 61.3 cm³/mol. The molecule has 0 unspecified atom stereocenters. The number of nitrogens with two attached hydrogens (primary N) is 1. The molecule has 1 aromatic rings. The number of hydrogen-bond acceptors (Lipinski definition) is 2. The van der Waals surface area contributed by atoms with Gasteiger partial charge in [-0.05, 0) is 37.0 Å². The fraction of sp³-hybridized carbons (Fsp3) is 0.500. The van der Waals surface area contributed by atoms with E-state index in [9.17, 15) is 0 Å². The van der Waals surface area contributed by atoms with Crippen LogP contribution in [0, 0.1) is 5.92 Å². The van der Waals surface area contributed by atoms with Crippen molar-refractivity contribution < 1.29 is 0 Å². The molecule has 76 valence electrons. The monoisotopic (exact) mass is 190 g/mol. The highest BCUT2D eigenvalue weighted by Crippen LogP contribution is 2.33. The van der Waals surface area contributed by atoms with E-state index in [0.717, 1.165) is 23.8 Å². The van der Waals surface area contributed by atoms with Crippen molar-refractivity contribution in [1.82, 2.24) is 0 Å². The van der Waals surface area contributed by atoms with E-state index in [1.807, 2.05) is 18.2 Å². The Hall–Kier alpha value is -1.18. The molecular formula is C12H18N2. The van der Waals surface area contributed by atoms with Crippen LogP contribution in [0.2, 0.25) is 0 Å². The fourth-order valence-corrected chi connectivity index (χ4v) is 1.68. The predicted octanol–water partition coefficient (Wildman–Crippen LogP) is 2.87. The van der Waals surface area contributed by atoms with Crippen molar-refractivity contribution >= 4 is 11.4 Å². The molecule has 1 fully saturated rings.